The molecule has 1 aliphatic carbocycles. The van der Waals surface area contributed by atoms with Crippen molar-refractivity contribution >= 4 is 48.3 Å². The first-order valence-electron chi connectivity index (χ1n) is 14.0. The second-order valence-electron chi connectivity index (χ2n) is 11.1. The fourth-order valence-corrected chi connectivity index (χ4v) is 7.82. The minimum absolute atomic E-state index is 0.219. The third kappa shape index (κ3) is 4.90. The van der Waals surface area contributed by atoms with Gasteiger partial charge in [-0.25, -0.2) is 22.7 Å². The van der Waals surface area contributed by atoms with Crippen molar-refractivity contribution in [3.05, 3.63) is 35.3 Å². The smallest absolute Gasteiger partial charge is 0.242 e. The number of rotatable bonds is 7. The topological polar surface area (TPSA) is 97.9 Å². The van der Waals surface area contributed by atoms with Crippen molar-refractivity contribution in [2.75, 3.05) is 71.5 Å². The largest absolute Gasteiger partial charge is 0.378 e. The molecule has 212 valence electrons. The van der Waals surface area contributed by atoms with Crippen molar-refractivity contribution in [1.82, 2.24) is 29.1 Å². The maximum Gasteiger partial charge on any atom is 0.242 e. The highest BCUT2D eigenvalue weighted by Gasteiger charge is 2.31. The van der Waals surface area contributed by atoms with Gasteiger partial charge in [0.2, 0.25) is 10.0 Å². The van der Waals surface area contributed by atoms with Gasteiger partial charge in [-0.05, 0) is 37.1 Å². The lowest BCUT2D eigenvalue weighted by Gasteiger charge is -2.34. The first kappa shape index (κ1) is 26.3. The number of fused-ring (bicyclic) bond motifs is 2. The Kier molecular flexibility index (Phi) is 6.80. The van der Waals surface area contributed by atoms with E-state index in [0.717, 1.165) is 78.8 Å². The van der Waals surface area contributed by atoms with Gasteiger partial charge in [-0.1, -0.05) is 0 Å². The van der Waals surface area contributed by atoms with E-state index in [0.29, 0.717) is 24.6 Å². The average molecular weight is 582 g/mol. The van der Waals surface area contributed by atoms with Crippen molar-refractivity contribution in [2.45, 2.75) is 30.3 Å². The number of piperazine rings is 1. The van der Waals surface area contributed by atoms with E-state index < -0.39 is 10.0 Å². The molecule has 0 unspecified atom stereocenters. The van der Waals surface area contributed by atoms with Crippen LogP contribution in [0.3, 0.4) is 0 Å². The van der Waals surface area contributed by atoms with Crippen LogP contribution in [0.15, 0.2) is 35.4 Å². The quantitative estimate of drug-likeness (QED) is 0.356. The predicted molar refractivity (Wildman–Crippen MR) is 158 cm³/mol. The molecule has 7 rings (SSSR count). The van der Waals surface area contributed by atoms with Gasteiger partial charge in [-0.3, -0.25) is 9.80 Å². The number of aromatic amines is 1. The monoisotopic (exact) mass is 581 g/mol. The van der Waals surface area contributed by atoms with Crippen LogP contribution < -0.4 is 4.90 Å². The zero-order valence-corrected chi connectivity index (χ0v) is 24.6. The number of ether oxygens (including phenoxy) is 1. The number of H-pyrrole nitrogens is 1. The standard InChI is InChI=1S/C28H35N7O3S2/c1-32(2)40(36,37)21-16-23(22-5-6-29-25(22)17-21)26-30-27(35-11-13-38-14-12-35)24-15-20(39-28(24)31-26)18-33-7-9-34(10-8-33)19-3-4-19/h5-6,15-17,19,29H,3-4,7-14,18H2,1-2H3. The number of hydrogen-bond donors (Lipinski definition) is 1. The molecule has 2 aliphatic heterocycles. The molecule has 0 atom stereocenters. The lowest BCUT2D eigenvalue weighted by molar-refractivity contribution is 0.122. The molecule has 0 radical (unpaired) electrons. The molecule has 1 N–H and O–H groups in total. The van der Waals surface area contributed by atoms with Crippen LogP contribution in [0.5, 0.6) is 0 Å². The SMILES string of the molecule is CN(C)S(=O)(=O)c1cc(-c2nc(N3CCOCC3)c3cc(CN4CCN(C5CC5)CC4)sc3n2)c2cc[nH]c2c1. The predicted octanol–water partition coefficient (Wildman–Crippen LogP) is 3.21. The van der Waals surface area contributed by atoms with Gasteiger partial charge in [-0.2, -0.15) is 0 Å². The summed E-state index contributed by atoms with van der Waals surface area (Å²) in [7, 11) is -0.548. The molecule has 1 aromatic carbocycles. The van der Waals surface area contributed by atoms with Crippen LogP contribution in [0.2, 0.25) is 0 Å². The number of thiophene rings is 1. The minimum atomic E-state index is -3.64. The number of benzene rings is 1. The Bertz CT molecular complexity index is 1650. The van der Waals surface area contributed by atoms with Gasteiger partial charge in [0.05, 0.1) is 23.5 Å². The Morgan fingerprint density at radius 3 is 2.52 bits per heavy atom. The molecule has 10 nitrogen and oxygen atoms in total. The normalized spacial score (nSPS) is 19.8. The molecule has 12 heteroatoms. The summed E-state index contributed by atoms with van der Waals surface area (Å²) in [6, 6.07) is 8.44. The highest BCUT2D eigenvalue weighted by molar-refractivity contribution is 7.89. The first-order chi connectivity index (χ1) is 19.4. The molecular formula is C28H35N7O3S2. The van der Waals surface area contributed by atoms with Crippen LogP contribution in [-0.2, 0) is 21.3 Å². The van der Waals surface area contributed by atoms with Gasteiger partial charge in [0.25, 0.3) is 0 Å². The number of hydrogen-bond acceptors (Lipinski definition) is 9. The van der Waals surface area contributed by atoms with E-state index in [1.165, 1.54) is 22.0 Å². The molecule has 0 bridgehead atoms. The molecular weight excluding hydrogens is 546 g/mol. The van der Waals surface area contributed by atoms with E-state index in [2.05, 4.69) is 25.8 Å². The van der Waals surface area contributed by atoms with Gasteiger partial charge >= 0.3 is 0 Å². The molecule has 3 fully saturated rings. The molecule has 3 aromatic heterocycles. The number of nitrogens with zero attached hydrogens (tertiary/aromatic N) is 6. The van der Waals surface area contributed by atoms with E-state index in [1.54, 1.807) is 37.6 Å². The molecule has 3 aliphatic rings. The lowest BCUT2D eigenvalue weighted by Crippen LogP contribution is -2.46. The number of nitrogens with one attached hydrogen (secondary N) is 1. The summed E-state index contributed by atoms with van der Waals surface area (Å²) in [5, 5.41) is 1.96. The summed E-state index contributed by atoms with van der Waals surface area (Å²) in [4.78, 5) is 23.3. The maximum absolute atomic E-state index is 13.1. The Balaban J connectivity index is 1.30. The zero-order chi connectivity index (χ0) is 27.4. The molecule has 1 saturated carbocycles. The molecule has 0 amide bonds. The maximum atomic E-state index is 13.1. The number of aromatic nitrogens is 3. The fraction of sp³-hybridized carbons (Fsp3) is 0.500. The minimum Gasteiger partial charge on any atom is -0.378 e. The van der Waals surface area contributed by atoms with E-state index in [4.69, 9.17) is 14.7 Å². The van der Waals surface area contributed by atoms with Crippen LogP contribution in [0.25, 0.3) is 32.5 Å². The van der Waals surface area contributed by atoms with Gasteiger partial charge < -0.3 is 14.6 Å². The summed E-state index contributed by atoms with van der Waals surface area (Å²) in [5.41, 5.74) is 1.45. The van der Waals surface area contributed by atoms with Gasteiger partial charge in [0.15, 0.2) is 5.82 Å². The van der Waals surface area contributed by atoms with Gasteiger partial charge in [-0.15, -0.1) is 11.3 Å². The second kappa shape index (κ2) is 10.3. The average Bonchev–Trinajstić information content (AvgIpc) is 3.56. The van der Waals surface area contributed by atoms with Crippen LogP contribution >= 0.6 is 11.3 Å². The Labute approximate surface area is 238 Å². The van der Waals surface area contributed by atoms with Crippen LogP contribution in [0.1, 0.15) is 17.7 Å². The van der Waals surface area contributed by atoms with Crippen molar-refractivity contribution in [2.24, 2.45) is 0 Å². The van der Waals surface area contributed by atoms with E-state index in [1.807, 2.05) is 12.3 Å². The molecule has 0 spiro atoms. The van der Waals surface area contributed by atoms with E-state index in [-0.39, 0.29) is 4.90 Å². The molecule has 5 heterocycles. The van der Waals surface area contributed by atoms with Crippen LogP contribution in [0, 0.1) is 0 Å². The molecule has 4 aromatic rings. The third-order valence-electron chi connectivity index (χ3n) is 8.25. The van der Waals surface area contributed by atoms with Crippen LogP contribution in [0.4, 0.5) is 5.82 Å². The summed E-state index contributed by atoms with van der Waals surface area (Å²) < 4.78 is 33.1. The Morgan fingerprint density at radius 2 is 1.80 bits per heavy atom. The van der Waals surface area contributed by atoms with Crippen molar-refractivity contribution in [3.63, 3.8) is 0 Å². The number of sulfonamides is 1. The molecule has 40 heavy (non-hydrogen) atoms. The second-order valence-corrected chi connectivity index (χ2v) is 14.4. The number of anilines is 1. The van der Waals surface area contributed by atoms with Gasteiger partial charge in [0, 0.05) is 93.5 Å². The fourth-order valence-electron chi connectivity index (χ4n) is 5.80. The lowest BCUT2D eigenvalue weighted by atomic mass is 10.1. The number of morpholine rings is 1. The zero-order valence-electron chi connectivity index (χ0n) is 23.0. The van der Waals surface area contributed by atoms with Gasteiger partial charge in [0.1, 0.15) is 10.6 Å². The molecule has 2 saturated heterocycles. The Morgan fingerprint density at radius 1 is 1.02 bits per heavy atom. The summed E-state index contributed by atoms with van der Waals surface area (Å²) >= 11 is 1.72. The van der Waals surface area contributed by atoms with Crippen molar-refractivity contribution < 1.29 is 13.2 Å². The summed E-state index contributed by atoms with van der Waals surface area (Å²) in [5.74, 6) is 1.44. The highest BCUT2D eigenvalue weighted by atomic mass is 32.2. The van der Waals surface area contributed by atoms with Crippen LogP contribution in [-0.4, -0.2) is 110 Å². The van der Waals surface area contributed by atoms with E-state index >= 15 is 0 Å². The van der Waals surface area contributed by atoms with E-state index in [9.17, 15) is 8.42 Å². The Hall–Kier alpha value is -2.61. The highest BCUT2D eigenvalue weighted by Crippen LogP contribution is 2.37. The van der Waals surface area contributed by atoms with Crippen molar-refractivity contribution in [1.29, 1.82) is 0 Å². The third-order valence-corrected chi connectivity index (χ3v) is 11.1. The van der Waals surface area contributed by atoms with Crippen molar-refractivity contribution in [3.8, 4) is 11.4 Å². The summed E-state index contributed by atoms with van der Waals surface area (Å²) in [6.07, 6.45) is 4.55. The first-order valence-corrected chi connectivity index (χ1v) is 16.3. The summed E-state index contributed by atoms with van der Waals surface area (Å²) in [6.45, 7) is 8.23.